The van der Waals surface area contributed by atoms with Crippen LogP contribution in [-0.4, -0.2) is 11.2 Å². The van der Waals surface area contributed by atoms with Crippen molar-refractivity contribution in [3.8, 4) is 12.3 Å². The van der Waals surface area contributed by atoms with Crippen LogP contribution in [0.5, 0.6) is 0 Å². The van der Waals surface area contributed by atoms with Crippen LogP contribution < -0.4 is 0 Å². The molecule has 0 bridgehead atoms. The zero-order valence-electron chi connectivity index (χ0n) is 11.7. The molecule has 0 amide bonds. The summed E-state index contributed by atoms with van der Waals surface area (Å²) >= 11 is 0. The third-order valence-corrected chi connectivity index (χ3v) is 3.73. The first-order chi connectivity index (χ1) is 9.77. The van der Waals surface area contributed by atoms with Crippen molar-refractivity contribution >= 4 is 0 Å². The van der Waals surface area contributed by atoms with Gasteiger partial charge in [0, 0.05) is 11.8 Å². The summed E-state index contributed by atoms with van der Waals surface area (Å²) in [4.78, 5) is 0. The Kier molecular flexibility index (Phi) is 4.98. The molecule has 2 unspecified atom stereocenters. The van der Waals surface area contributed by atoms with Gasteiger partial charge < -0.3 is 5.11 Å². The van der Waals surface area contributed by atoms with Crippen molar-refractivity contribution < 1.29 is 5.11 Å². The summed E-state index contributed by atoms with van der Waals surface area (Å²) in [5, 5.41) is 10.7. The molecule has 0 heterocycles. The number of terminal acetylenes is 1. The molecule has 1 heteroatoms. The number of hydrogen-bond donors (Lipinski definition) is 1. The van der Waals surface area contributed by atoms with Gasteiger partial charge in [-0.2, -0.15) is 0 Å². The molecule has 2 aromatic carbocycles. The zero-order chi connectivity index (χ0) is 14.4. The predicted octanol–water partition coefficient (Wildman–Crippen LogP) is 3.84. The van der Waals surface area contributed by atoms with Gasteiger partial charge in [0.1, 0.15) is 0 Å². The van der Waals surface area contributed by atoms with E-state index in [9.17, 15) is 5.11 Å². The highest BCUT2D eigenvalue weighted by Crippen LogP contribution is 2.32. The number of aliphatic hydroxyl groups is 1. The van der Waals surface area contributed by atoms with Crippen molar-refractivity contribution in [1.29, 1.82) is 0 Å². The van der Waals surface area contributed by atoms with Crippen molar-refractivity contribution in [2.75, 3.05) is 0 Å². The fraction of sp³-hybridized carbons (Fsp3) is 0.263. The van der Waals surface area contributed by atoms with Gasteiger partial charge in [0.2, 0.25) is 0 Å². The maximum absolute atomic E-state index is 10.7. The zero-order valence-corrected chi connectivity index (χ0v) is 11.7. The summed E-state index contributed by atoms with van der Waals surface area (Å²) < 4.78 is 0. The first kappa shape index (κ1) is 14.4. The van der Waals surface area contributed by atoms with E-state index in [4.69, 9.17) is 6.42 Å². The molecule has 1 N–H and O–H groups in total. The van der Waals surface area contributed by atoms with Gasteiger partial charge in [-0.25, -0.2) is 0 Å². The van der Waals surface area contributed by atoms with Crippen molar-refractivity contribution in [3.63, 3.8) is 0 Å². The van der Waals surface area contributed by atoms with E-state index in [-0.39, 0.29) is 11.8 Å². The second-order valence-electron chi connectivity index (χ2n) is 4.97. The Morgan fingerprint density at radius 3 is 1.75 bits per heavy atom. The van der Waals surface area contributed by atoms with Gasteiger partial charge in [-0.15, -0.1) is 12.3 Å². The van der Waals surface area contributed by atoms with E-state index in [0.717, 1.165) is 17.5 Å². The summed E-state index contributed by atoms with van der Waals surface area (Å²) in [5.74, 6) is 2.50. The van der Waals surface area contributed by atoms with Crippen LogP contribution in [0.3, 0.4) is 0 Å². The number of aliphatic hydroxyl groups excluding tert-OH is 1. The average molecular weight is 264 g/mol. The largest absolute Gasteiger partial charge is 0.391 e. The average Bonchev–Trinajstić information content (AvgIpc) is 2.51. The van der Waals surface area contributed by atoms with Crippen LogP contribution in [0.25, 0.3) is 0 Å². The van der Waals surface area contributed by atoms with Gasteiger partial charge in [-0.05, 0) is 17.5 Å². The van der Waals surface area contributed by atoms with Gasteiger partial charge in [0.15, 0.2) is 0 Å². The molecular weight excluding hydrogens is 244 g/mol. The molecule has 0 spiro atoms. The summed E-state index contributed by atoms with van der Waals surface area (Å²) in [5.41, 5.74) is 2.19. The van der Waals surface area contributed by atoms with Crippen LogP contribution in [-0.2, 0) is 0 Å². The molecule has 2 aromatic rings. The van der Waals surface area contributed by atoms with Crippen molar-refractivity contribution in [1.82, 2.24) is 0 Å². The molecule has 0 aromatic heterocycles. The minimum atomic E-state index is -0.574. The fourth-order valence-corrected chi connectivity index (χ4v) is 2.60. The third-order valence-electron chi connectivity index (χ3n) is 3.73. The van der Waals surface area contributed by atoms with E-state index in [0.29, 0.717) is 0 Å². The Morgan fingerprint density at radius 1 is 0.950 bits per heavy atom. The highest BCUT2D eigenvalue weighted by molar-refractivity contribution is 5.34. The Morgan fingerprint density at radius 2 is 1.40 bits per heavy atom. The van der Waals surface area contributed by atoms with Crippen LogP contribution >= 0.6 is 0 Å². The molecule has 102 valence electrons. The fourth-order valence-electron chi connectivity index (χ4n) is 2.60. The normalized spacial score (nSPS) is 13.7. The van der Waals surface area contributed by atoms with Crippen molar-refractivity contribution in [2.45, 2.75) is 25.4 Å². The molecule has 0 radical (unpaired) electrons. The molecule has 0 aliphatic heterocycles. The molecule has 0 aliphatic carbocycles. The Balaban J connectivity index is 2.43. The van der Waals surface area contributed by atoms with Crippen molar-refractivity contribution in [3.05, 3.63) is 71.8 Å². The van der Waals surface area contributed by atoms with Crippen LogP contribution in [0.2, 0.25) is 0 Å². The summed E-state index contributed by atoms with van der Waals surface area (Å²) in [7, 11) is 0. The predicted molar refractivity (Wildman–Crippen MR) is 83.3 cm³/mol. The lowest BCUT2D eigenvalue weighted by atomic mass is 9.80. The summed E-state index contributed by atoms with van der Waals surface area (Å²) in [6, 6.07) is 20.1. The van der Waals surface area contributed by atoms with Gasteiger partial charge in [-0.3, -0.25) is 0 Å². The first-order valence-corrected chi connectivity index (χ1v) is 7.02. The lowest BCUT2D eigenvalue weighted by Crippen LogP contribution is -2.27. The van der Waals surface area contributed by atoms with E-state index in [1.807, 2.05) is 67.6 Å². The molecule has 20 heavy (non-hydrogen) atoms. The second-order valence-corrected chi connectivity index (χ2v) is 4.97. The summed E-state index contributed by atoms with van der Waals surface area (Å²) in [6.07, 6.45) is 5.77. The molecule has 0 saturated carbocycles. The topological polar surface area (TPSA) is 20.2 Å². The Labute approximate surface area is 121 Å². The summed E-state index contributed by atoms with van der Waals surface area (Å²) in [6.45, 7) is 2.01. The first-order valence-electron chi connectivity index (χ1n) is 7.02. The molecule has 2 rings (SSSR count). The van der Waals surface area contributed by atoms with E-state index in [1.165, 1.54) is 0 Å². The van der Waals surface area contributed by atoms with Gasteiger partial charge >= 0.3 is 0 Å². The second kappa shape index (κ2) is 6.93. The Bertz CT molecular complexity index is 514. The quantitative estimate of drug-likeness (QED) is 0.814. The van der Waals surface area contributed by atoms with Crippen LogP contribution in [0.1, 0.15) is 30.4 Å². The lowest BCUT2D eigenvalue weighted by Gasteiger charge is -2.27. The maximum atomic E-state index is 10.7. The molecule has 1 nitrogen and oxygen atoms in total. The highest BCUT2D eigenvalue weighted by Gasteiger charge is 2.28. The van der Waals surface area contributed by atoms with E-state index >= 15 is 0 Å². The maximum Gasteiger partial charge on any atom is 0.0786 e. The molecular formula is C19H20O. The van der Waals surface area contributed by atoms with Crippen LogP contribution in [0.4, 0.5) is 0 Å². The number of rotatable bonds is 5. The van der Waals surface area contributed by atoms with E-state index in [1.54, 1.807) is 0 Å². The van der Waals surface area contributed by atoms with Gasteiger partial charge in [-0.1, -0.05) is 67.6 Å². The molecule has 0 aliphatic rings. The SMILES string of the molecule is C#CC(CC)C(O)C(c1ccccc1)c1ccccc1. The monoisotopic (exact) mass is 264 g/mol. The highest BCUT2D eigenvalue weighted by atomic mass is 16.3. The third kappa shape index (κ3) is 3.10. The smallest absolute Gasteiger partial charge is 0.0786 e. The van der Waals surface area contributed by atoms with E-state index in [2.05, 4.69) is 5.92 Å². The lowest BCUT2D eigenvalue weighted by molar-refractivity contribution is 0.115. The van der Waals surface area contributed by atoms with Gasteiger partial charge in [0.25, 0.3) is 0 Å². The molecule has 0 fully saturated rings. The minimum absolute atomic E-state index is 0.0848. The molecule has 0 saturated heterocycles. The number of benzene rings is 2. The minimum Gasteiger partial charge on any atom is -0.391 e. The van der Waals surface area contributed by atoms with Crippen LogP contribution in [0.15, 0.2) is 60.7 Å². The molecule has 2 atom stereocenters. The van der Waals surface area contributed by atoms with Gasteiger partial charge in [0.05, 0.1) is 6.10 Å². The van der Waals surface area contributed by atoms with Crippen LogP contribution in [0, 0.1) is 18.3 Å². The van der Waals surface area contributed by atoms with E-state index < -0.39 is 6.10 Å². The van der Waals surface area contributed by atoms with Crippen molar-refractivity contribution in [2.24, 2.45) is 5.92 Å². The standard InChI is InChI=1S/C19H20O/c1-3-15(4-2)19(20)18(16-11-7-5-8-12-16)17-13-9-6-10-14-17/h1,5-15,18-20H,4H2,2H3. The Hall–Kier alpha value is -2.04. The number of hydrogen-bond acceptors (Lipinski definition) is 1.